The highest BCUT2D eigenvalue weighted by atomic mass is 16.6. The Labute approximate surface area is 200 Å². The van der Waals surface area contributed by atoms with E-state index in [9.17, 15) is 24.9 Å². The fourth-order valence-corrected chi connectivity index (χ4v) is 3.40. The molecule has 0 aliphatic carbocycles. The van der Waals surface area contributed by atoms with Gasteiger partial charge in [-0.3, -0.25) is 4.79 Å². The summed E-state index contributed by atoms with van der Waals surface area (Å²) in [5.74, 6) is -1.28. The third-order valence-corrected chi connectivity index (χ3v) is 5.34. The molecule has 2 amide bonds. The van der Waals surface area contributed by atoms with E-state index < -0.39 is 25.3 Å². The first-order chi connectivity index (χ1) is 16.3. The van der Waals surface area contributed by atoms with Crippen molar-refractivity contribution in [2.45, 2.75) is 39.2 Å². The summed E-state index contributed by atoms with van der Waals surface area (Å²) in [6.45, 7) is 6.38. The number of likely N-dealkylation sites (N-methyl/N-ethyl adjacent to an activating group) is 1. The monoisotopic (exact) mass is 463 g/mol. The second-order valence-corrected chi connectivity index (χ2v) is 7.72. The van der Waals surface area contributed by atoms with E-state index in [1.54, 1.807) is 36.1 Å². The first-order valence-corrected chi connectivity index (χ1v) is 11.2. The van der Waals surface area contributed by atoms with Crippen LogP contribution in [-0.4, -0.2) is 53.1 Å². The van der Waals surface area contributed by atoms with E-state index >= 15 is 0 Å². The third kappa shape index (κ3) is 7.76. The maximum Gasteiger partial charge on any atom is 0.475 e. The predicted molar refractivity (Wildman–Crippen MR) is 130 cm³/mol. The van der Waals surface area contributed by atoms with Crippen LogP contribution in [0.1, 0.15) is 43.6 Å². The molecule has 2 atom stereocenters. The van der Waals surface area contributed by atoms with Crippen LogP contribution in [0.25, 0.3) is 6.08 Å². The summed E-state index contributed by atoms with van der Waals surface area (Å²) in [6, 6.07) is 18.1. The van der Waals surface area contributed by atoms with Crippen LogP contribution in [0.5, 0.6) is 0 Å². The Morgan fingerprint density at radius 3 is 2.41 bits per heavy atom. The Hall–Kier alpha value is -3.61. The largest absolute Gasteiger partial charge is 0.475 e. The number of carbonyl (C=O) groups excluding carboxylic acids is 2. The van der Waals surface area contributed by atoms with E-state index in [1.165, 1.54) is 6.08 Å². The minimum Gasteiger partial charge on any atom is -0.442 e. The molecule has 178 valence electrons. The molecule has 2 unspecified atom stereocenters. The Bertz CT molecular complexity index is 1030. The molecular formula is C25H30BN3O5. The highest BCUT2D eigenvalue weighted by molar-refractivity contribution is 6.43. The second-order valence-electron chi connectivity index (χ2n) is 7.72. The minimum atomic E-state index is -1.76. The number of alkyl carbamates (subject to hydrolysis) is 1. The molecule has 0 heterocycles. The predicted octanol–water partition coefficient (Wildman–Crippen LogP) is 2.87. The SMILES string of the molecule is CCN(CC)C(=O)C(C#N)=Cc1cccc(C(C)OC(=O)NC(Cc2ccccc2)B(O)O)c1. The van der Waals surface area contributed by atoms with Crippen molar-refractivity contribution in [3.8, 4) is 6.07 Å². The van der Waals surface area contributed by atoms with Crippen molar-refractivity contribution < 1.29 is 24.4 Å². The van der Waals surface area contributed by atoms with Crippen LogP contribution in [0.3, 0.4) is 0 Å². The van der Waals surface area contributed by atoms with Gasteiger partial charge in [0.15, 0.2) is 0 Å². The summed E-state index contributed by atoms with van der Waals surface area (Å²) < 4.78 is 5.43. The van der Waals surface area contributed by atoms with E-state index in [0.29, 0.717) is 24.2 Å². The molecule has 2 aromatic carbocycles. The smallest absolute Gasteiger partial charge is 0.442 e. The number of carbonyl (C=O) groups is 2. The molecule has 0 radical (unpaired) electrons. The number of nitriles is 1. The van der Waals surface area contributed by atoms with Gasteiger partial charge < -0.3 is 25.0 Å². The quantitative estimate of drug-likeness (QED) is 0.283. The van der Waals surface area contributed by atoms with Crippen LogP contribution < -0.4 is 5.32 Å². The molecule has 0 saturated heterocycles. The number of nitrogens with zero attached hydrogens (tertiary/aromatic N) is 2. The van der Waals surface area contributed by atoms with E-state index in [2.05, 4.69) is 5.32 Å². The molecule has 8 nitrogen and oxygen atoms in total. The zero-order chi connectivity index (χ0) is 25.1. The standard InChI is InChI=1S/C25H30BN3O5/c1-4-29(5-2)24(30)22(17-27)15-20-12-9-13-21(14-20)18(3)34-25(31)28-23(26(32)33)16-19-10-7-6-8-11-19/h6-15,18,23,32-33H,4-5,16H2,1-3H3,(H,28,31). The normalized spacial score (nSPS) is 12.8. The summed E-state index contributed by atoms with van der Waals surface area (Å²) in [6.07, 6.45) is 0.275. The van der Waals surface area contributed by atoms with Crippen molar-refractivity contribution in [3.63, 3.8) is 0 Å². The van der Waals surface area contributed by atoms with Crippen molar-refractivity contribution in [2.24, 2.45) is 0 Å². The lowest BCUT2D eigenvalue weighted by atomic mass is 9.76. The lowest BCUT2D eigenvalue weighted by Gasteiger charge is -2.20. The summed E-state index contributed by atoms with van der Waals surface area (Å²) in [5.41, 5.74) is 2.13. The van der Waals surface area contributed by atoms with Gasteiger partial charge in [0.2, 0.25) is 0 Å². The Balaban J connectivity index is 2.09. The number of amides is 2. The van der Waals surface area contributed by atoms with Crippen molar-refractivity contribution in [3.05, 3.63) is 76.9 Å². The summed E-state index contributed by atoms with van der Waals surface area (Å²) in [5, 5.41) is 31.3. The highest BCUT2D eigenvalue weighted by Gasteiger charge is 2.27. The fourth-order valence-electron chi connectivity index (χ4n) is 3.40. The van der Waals surface area contributed by atoms with Crippen molar-refractivity contribution in [2.75, 3.05) is 13.1 Å². The zero-order valence-electron chi connectivity index (χ0n) is 19.6. The number of hydrogen-bond acceptors (Lipinski definition) is 6. The molecule has 2 rings (SSSR count). The van der Waals surface area contributed by atoms with E-state index in [4.69, 9.17) is 4.74 Å². The highest BCUT2D eigenvalue weighted by Crippen LogP contribution is 2.20. The van der Waals surface area contributed by atoms with Gasteiger partial charge in [-0.2, -0.15) is 5.26 Å². The topological polar surface area (TPSA) is 123 Å². The van der Waals surface area contributed by atoms with Gasteiger partial charge in [-0.1, -0.05) is 48.5 Å². The lowest BCUT2D eigenvalue weighted by Crippen LogP contribution is -2.48. The molecule has 9 heteroatoms. The molecule has 0 saturated carbocycles. The first-order valence-electron chi connectivity index (χ1n) is 11.2. The van der Waals surface area contributed by atoms with Gasteiger partial charge in [-0.05, 0) is 56.0 Å². The van der Waals surface area contributed by atoms with Crippen LogP contribution >= 0.6 is 0 Å². The van der Waals surface area contributed by atoms with Gasteiger partial charge in [-0.25, -0.2) is 4.79 Å². The van der Waals surface area contributed by atoms with Crippen LogP contribution in [0, 0.1) is 11.3 Å². The second kappa shape index (κ2) is 13.2. The zero-order valence-corrected chi connectivity index (χ0v) is 19.6. The van der Waals surface area contributed by atoms with Crippen molar-refractivity contribution in [1.29, 1.82) is 5.26 Å². The van der Waals surface area contributed by atoms with Gasteiger partial charge in [0.25, 0.3) is 5.91 Å². The number of benzene rings is 2. The van der Waals surface area contributed by atoms with Crippen molar-refractivity contribution in [1.82, 2.24) is 10.2 Å². The Morgan fingerprint density at radius 1 is 1.15 bits per heavy atom. The van der Waals surface area contributed by atoms with Crippen molar-refractivity contribution >= 4 is 25.2 Å². The van der Waals surface area contributed by atoms with Crippen LogP contribution in [0.15, 0.2) is 60.2 Å². The van der Waals surface area contributed by atoms with Gasteiger partial charge >= 0.3 is 13.2 Å². The van der Waals surface area contributed by atoms with Gasteiger partial charge in [0, 0.05) is 13.1 Å². The number of ether oxygens (including phenoxy) is 1. The van der Waals surface area contributed by atoms with E-state index in [0.717, 1.165) is 5.56 Å². The van der Waals surface area contributed by atoms with Gasteiger partial charge in [0.1, 0.15) is 17.7 Å². The van der Waals surface area contributed by atoms with E-state index in [-0.39, 0.29) is 17.9 Å². The average molecular weight is 463 g/mol. The number of hydrogen-bond donors (Lipinski definition) is 3. The lowest BCUT2D eigenvalue weighted by molar-refractivity contribution is -0.126. The maximum absolute atomic E-state index is 12.5. The molecule has 34 heavy (non-hydrogen) atoms. The molecular weight excluding hydrogens is 433 g/mol. The first kappa shape index (κ1) is 26.6. The summed E-state index contributed by atoms with van der Waals surface area (Å²) >= 11 is 0. The maximum atomic E-state index is 12.5. The minimum absolute atomic E-state index is 0.0212. The molecule has 0 spiro atoms. The molecule has 0 bridgehead atoms. The average Bonchev–Trinajstić information content (AvgIpc) is 2.83. The molecule has 0 aliphatic rings. The van der Waals surface area contributed by atoms with Gasteiger partial charge in [0.05, 0.1) is 5.94 Å². The number of nitrogens with one attached hydrogen (secondary N) is 1. The number of rotatable bonds is 10. The van der Waals surface area contributed by atoms with Crippen LogP contribution in [0.4, 0.5) is 4.79 Å². The summed E-state index contributed by atoms with van der Waals surface area (Å²) in [7, 11) is -1.76. The van der Waals surface area contributed by atoms with Gasteiger partial charge in [-0.15, -0.1) is 0 Å². The van der Waals surface area contributed by atoms with Crippen LogP contribution in [0.2, 0.25) is 0 Å². The fraction of sp³-hybridized carbons (Fsp3) is 0.320. The third-order valence-electron chi connectivity index (χ3n) is 5.34. The van der Waals surface area contributed by atoms with Crippen LogP contribution in [-0.2, 0) is 16.0 Å². The van der Waals surface area contributed by atoms with E-state index in [1.807, 2.05) is 50.2 Å². The Morgan fingerprint density at radius 2 is 1.82 bits per heavy atom. The molecule has 0 fully saturated rings. The molecule has 2 aromatic rings. The molecule has 0 aromatic heterocycles. The Kier molecular flexibility index (Phi) is 10.3. The molecule has 3 N–H and O–H groups in total. The summed E-state index contributed by atoms with van der Waals surface area (Å²) in [4.78, 5) is 26.5. The molecule has 0 aliphatic heterocycles.